The maximum absolute atomic E-state index is 13.1. The molecule has 0 spiro atoms. The molecule has 0 saturated carbocycles. The maximum Gasteiger partial charge on any atom is 0.141 e. The summed E-state index contributed by atoms with van der Waals surface area (Å²) in [5.74, 6) is 1.24. The topological polar surface area (TPSA) is 52.0 Å². The van der Waals surface area contributed by atoms with Crippen molar-refractivity contribution in [3.05, 3.63) is 52.5 Å². The second kappa shape index (κ2) is 4.30. The molecule has 17 heavy (non-hydrogen) atoms. The van der Waals surface area contributed by atoms with Crippen molar-refractivity contribution in [2.45, 2.75) is 26.8 Å². The number of aromatic nitrogens is 1. The van der Waals surface area contributed by atoms with Gasteiger partial charge in [-0.15, -0.1) is 0 Å². The molecule has 0 amide bonds. The van der Waals surface area contributed by atoms with Crippen LogP contribution in [-0.2, 0) is 0 Å². The third-order valence-electron chi connectivity index (χ3n) is 3.01. The van der Waals surface area contributed by atoms with Gasteiger partial charge in [0, 0.05) is 11.8 Å². The molecule has 1 atom stereocenters. The second-order valence-electron chi connectivity index (χ2n) is 4.17. The first kappa shape index (κ1) is 11.8. The van der Waals surface area contributed by atoms with Gasteiger partial charge < -0.3 is 10.2 Å². The molecule has 0 saturated heterocycles. The van der Waals surface area contributed by atoms with Crippen LogP contribution in [0.3, 0.4) is 0 Å². The second-order valence-corrected chi connectivity index (χ2v) is 4.17. The van der Waals surface area contributed by atoms with Gasteiger partial charge in [-0.1, -0.05) is 0 Å². The van der Waals surface area contributed by atoms with Crippen LogP contribution >= 0.6 is 0 Å². The zero-order valence-electron chi connectivity index (χ0n) is 10.1. The van der Waals surface area contributed by atoms with Crippen molar-refractivity contribution in [1.29, 1.82) is 0 Å². The molecule has 3 nitrogen and oxygen atoms in total. The Morgan fingerprint density at radius 3 is 2.47 bits per heavy atom. The van der Waals surface area contributed by atoms with Gasteiger partial charge in [0.2, 0.25) is 0 Å². The Labute approximate surface area is 99.5 Å². The molecule has 0 aromatic carbocycles. The van der Waals surface area contributed by atoms with E-state index in [1.165, 1.54) is 6.07 Å². The molecule has 0 aliphatic carbocycles. The number of pyridine rings is 1. The Balaban J connectivity index is 2.47. The summed E-state index contributed by atoms with van der Waals surface area (Å²) in [7, 11) is 0. The summed E-state index contributed by atoms with van der Waals surface area (Å²) in [5.41, 5.74) is 8.71. The van der Waals surface area contributed by atoms with Crippen molar-refractivity contribution in [3.8, 4) is 0 Å². The van der Waals surface area contributed by atoms with Crippen LogP contribution in [0, 0.1) is 26.6 Å². The maximum atomic E-state index is 13.1. The fourth-order valence-electron chi connectivity index (χ4n) is 2.03. The number of hydrogen-bond acceptors (Lipinski definition) is 3. The summed E-state index contributed by atoms with van der Waals surface area (Å²) >= 11 is 0. The minimum atomic E-state index is -0.407. The lowest BCUT2D eigenvalue weighted by Gasteiger charge is -2.12. The highest BCUT2D eigenvalue weighted by molar-refractivity contribution is 5.39. The van der Waals surface area contributed by atoms with Crippen LogP contribution in [0.5, 0.6) is 0 Å². The van der Waals surface area contributed by atoms with Gasteiger partial charge in [0.1, 0.15) is 17.3 Å². The van der Waals surface area contributed by atoms with E-state index in [-0.39, 0.29) is 5.82 Å². The highest BCUT2D eigenvalue weighted by Crippen LogP contribution is 2.29. The molecular formula is C13H15FN2O. The van der Waals surface area contributed by atoms with E-state index in [0.717, 1.165) is 28.8 Å². The Morgan fingerprint density at radius 2 is 1.94 bits per heavy atom. The monoisotopic (exact) mass is 234 g/mol. The van der Waals surface area contributed by atoms with E-state index in [9.17, 15) is 4.39 Å². The molecule has 2 rings (SSSR count). The van der Waals surface area contributed by atoms with E-state index in [0.29, 0.717) is 5.56 Å². The fourth-order valence-corrected chi connectivity index (χ4v) is 2.03. The average Bonchev–Trinajstić information content (AvgIpc) is 2.52. The van der Waals surface area contributed by atoms with Crippen LogP contribution in [0.25, 0.3) is 0 Å². The third-order valence-corrected chi connectivity index (χ3v) is 3.01. The van der Waals surface area contributed by atoms with Crippen LogP contribution in [0.1, 0.15) is 34.3 Å². The number of hydrogen-bond donors (Lipinski definition) is 1. The molecule has 2 N–H and O–H groups in total. The molecule has 1 unspecified atom stereocenters. The summed E-state index contributed by atoms with van der Waals surface area (Å²) in [6.07, 6.45) is 2.74. The number of furan rings is 1. The normalized spacial score (nSPS) is 12.8. The molecule has 0 aliphatic rings. The van der Waals surface area contributed by atoms with Gasteiger partial charge in [-0.25, -0.2) is 4.39 Å². The average molecular weight is 234 g/mol. The van der Waals surface area contributed by atoms with E-state index in [4.69, 9.17) is 10.2 Å². The van der Waals surface area contributed by atoms with E-state index in [1.807, 2.05) is 20.8 Å². The van der Waals surface area contributed by atoms with Gasteiger partial charge in [-0.3, -0.25) is 4.98 Å². The van der Waals surface area contributed by atoms with Gasteiger partial charge in [-0.05, 0) is 38.0 Å². The zero-order chi connectivity index (χ0) is 12.6. The summed E-state index contributed by atoms with van der Waals surface area (Å²) in [6.45, 7) is 5.71. The molecule has 2 heterocycles. The van der Waals surface area contributed by atoms with E-state index >= 15 is 0 Å². The van der Waals surface area contributed by atoms with Crippen molar-refractivity contribution < 1.29 is 8.81 Å². The predicted molar refractivity (Wildman–Crippen MR) is 63.1 cm³/mol. The third kappa shape index (κ3) is 2.08. The summed E-state index contributed by atoms with van der Waals surface area (Å²) in [4.78, 5) is 3.81. The van der Waals surface area contributed by atoms with Crippen molar-refractivity contribution in [2.24, 2.45) is 5.73 Å². The molecule has 2 aromatic heterocycles. The smallest absolute Gasteiger partial charge is 0.141 e. The number of rotatable bonds is 2. The highest BCUT2D eigenvalue weighted by atomic mass is 19.1. The molecule has 2 aromatic rings. The fraction of sp³-hybridized carbons (Fsp3) is 0.308. The first-order chi connectivity index (χ1) is 8.00. The minimum Gasteiger partial charge on any atom is -0.466 e. The van der Waals surface area contributed by atoms with Crippen molar-refractivity contribution in [1.82, 2.24) is 4.98 Å². The molecule has 0 fully saturated rings. The van der Waals surface area contributed by atoms with Gasteiger partial charge in [0.25, 0.3) is 0 Å². The first-order valence-corrected chi connectivity index (χ1v) is 5.43. The summed E-state index contributed by atoms with van der Waals surface area (Å²) < 4.78 is 18.6. The predicted octanol–water partition coefficient (Wildman–Crippen LogP) is 2.79. The van der Waals surface area contributed by atoms with E-state index in [2.05, 4.69) is 4.98 Å². The van der Waals surface area contributed by atoms with Crippen LogP contribution < -0.4 is 5.73 Å². The Morgan fingerprint density at radius 1 is 1.24 bits per heavy atom. The lowest BCUT2D eigenvalue weighted by Crippen LogP contribution is -2.14. The molecule has 0 aliphatic heterocycles. The van der Waals surface area contributed by atoms with Crippen LogP contribution in [0.4, 0.5) is 4.39 Å². The number of nitrogens with two attached hydrogens (primary N) is 1. The molecule has 0 bridgehead atoms. The van der Waals surface area contributed by atoms with Gasteiger partial charge in [0.05, 0.1) is 12.2 Å². The quantitative estimate of drug-likeness (QED) is 0.869. The van der Waals surface area contributed by atoms with Crippen LogP contribution in [0.15, 0.2) is 22.9 Å². The van der Waals surface area contributed by atoms with Crippen molar-refractivity contribution >= 4 is 0 Å². The Bertz CT molecular complexity index is 548. The minimum absolute atomic E-state index is 0.381. The lowest BCUT2D eigenvalue weighted by molar-refractivity contribution is 0.498. The van der Waals surface area contributed by atoms with Gasteiger partial charge in [0.15, 0.2) is 0 Å². The molecule has 0 radical (unpaired) electrons. The largest absolute Gasteiger partial charge is 0.466 e. The van der Waals surface area contributed by atoms with Crippen molar-refractivity contribution in [2.75, 3.05) is 0 Å². The molecule has 4 heteroatoms. The molecule has 90 valence electrons. The van der Waals surface area contributed by atoms with Gasteiger partial charge >= 0.3 is 0 Å². The Kier molecular flexibility index (Phi) is 2.98. The van der Waals surface area contributed by atoms with Crippen molar-refractivity contribution in [3.63, 3.8) is 0 Å². The lowest BCUT2D eigenvalue weighted by atomic mass is 9.97. The summed E-state index contributed by atoms with van der Waals surface area (Å²) in [5, 5.41) is 0. The van der Waals surface area contributed by atoms with E-state index < -0.39 is 6.04 Å². The zero-order valence-corrected chi connectivity index (χ0v) is 10.1. The van der Waals surface area contributed by atoms with Crippen LogP contribution in [-0.4, -0.2) is 4.98 Å². The number of aryl methyl sites for hydroxylation is 2. The van der Waals surface area contributed by atoms with Crippen LogP contribution in [0.2, 0.25) is 0 Å². The standard InChI is InChI=1S/C13H15FN2O/c1-7-8(2)17-9(3)12(7)13(15)10-4-11(14)6-16-5-10/h4-6,13H,15H2,1-3H3. The summed E-state index contributed by atoms with van der Waals surface area (Å²) in [6, 6.07) is 0.995. The molecular weight excluding hydrogens is 219 g/mol. The Hall–Kier alpha value is -1.68. The first-order valence-electron chi connectivity index (χ1n) is 5.43. The number of halogens is 1. The SMILES string of the molecule is Cc1oc(C)c(C(N)c2cncc(F)c2)c1C. The number of nitrogens with zero attached hydrogens (tertiary/aromatic N) is 1. The van der Waals surface area contributed by atoms with E-state index in [1.54, 1.807) is 6.20 Å². The van der Waals surface area contributed by atoms with Gasteiger partial charge in [-0.2, -0.15) is 0 Å². The highest BCUT2D eigenvalue weighted by Gasteiger charge is 2.19.